The second-order valence-electron chi connectivity index (χ2n) is 9.61. The van der Waals surface area contributed by atoms with E-state index in [9.17, 15) is 14.4 Å². The van der Waals surface area contributed by atoms with Crippen molar-refractivity contribution >= 4 is 17.8 Å². The first kappa shape index (κ1) is 25.7. The summed E-state index contributed by atoms with van der Waals surface area (Å²) in [4.78, 5) is 44.0. The highest BCUT2D eigenvalue weighted by atomic mass is 16.2. The molecule has 1 N–H and O–H groups in total. The minimum absolute atomic E-state index is 0.0289. The number of hydrogen-bond donors (Lipinski definition) is 1. The molecule has 4 amide bonds. The molecule has 2 aromatic rings. The number of benzene rings is 2. The lowest BCUT2D eigenvalue weighted by atomic mass is 9.97. The second kappa shape index (κ2) is 11.6. The lowest BCUT2D eigenvalue weighted by Crippen LogP contribution is -2.76. The number of hydrogen-bond acceptors (Lipinski definition) is 4. The molecule has 2 aliphatic heterocycles. The zero-order chi connectivity index (χ0) is 25.7. The van der Waals surface area contributed by atoms with Gasteiger partial charge in [-0.05, 0) is 23.5 Å². The molecule has 36 heavy (non-hydrogen) atoms. The fourth-order valence-electron chi connectivity index (χ4n) is 5.25. The summed E-state index contributed by atoms with van der Waals surface area (Å²) in [5.41, 5.74) is 2.16. The van der Waals surface area contributed by atoms with Gasteiger partial charge in [-0.1, -0.05) is 87.9 Å². The standard InChI is InChI=1S/C28H37N5O3/c1-4-12-24-27(35)30(18-21(3)23-15-10-7-11-16-23)19-25-32(24)26(34)20-31(5-2)33(25)28(36)29-17-22-13-8-6-9-14-22/h6-11,13-16,21,24-25H,4-5,12,17-20H2,1-3H3,(H,29,36)/t21?,24-,25-/m0/s1. The molecule has 3 atom stereocenters. The summed E-state index contributed by atoms with van der Waals surface area (Å²) in [5.74, 6) is 0.00115. The summed E-state index contributed by atoms with van der Waals surface area (Å²) in [6, 6.07) is 19.1. The molecule has 8 nitrogen and oxygen atoms in total. The van der Waals surface area contributed by atoms with Gasteiger partial charge in [0.1, 0.15) is 12.2 Å². The van der Waals surface area contributed by atoms with E-state index in [4.69, 9.17) is 0 Å². The van der Waals surface area contributed by atoms with Crippen LogP contribution in [0.25, 0.3) is 0 Å². The van der Waals surface area contributed by atoms with Crippen molar-refractivity contribution in [3.05, 3.63) is 71.8 Å². The number of carbonyl (C=O) groups excluding carboxylic acids is 3. The molecule has 2 aliphatic rings. The molecular formula is C28H37N5O3. The van der Waals surface area contributed by atoms with Gasteiger partial charge in [0.15, 0.2) is 0 Å². The van der Waals surface area contributed by atoms with Crippen LogP contribution in [0.4, 0.5) is 4.79 Å². The third-order valence-corrected chi connectivity index (χ3v) is 7.11. The molecule has 192 valence electrons. The number of nitrogens with one attached hydrogen (secondary N) is 1. The van der Waals surface area contributed by atoms with Gasteiger partial charge < -0.3 is 15.1 Å². The fourth-order valence-corrected chi connectivity index (χ4v) is 5.25. The predicted octanol–water partition coefficient (Wildman–Crippen LogP) is 3.42. The Hall–Kier alpha value is -3.39. The van der Waals surface area contributed by atoms with E-state index in [1.54, 1.807) is 14.9 Å². The van der Waals surface area contributed by atoms with Crippen molar-refractivity contribution in [2.75, 3.05) is 26.2 Å². The van der Waals surface area contributed by atoms with Gasteiger partial charge in [-0.3, -0.25) is 9.59 Å². The van der Waals surface area contributed by atoms with Crippen molar-refractivity contribution in [3.8, 4) is 0 Å². The zero-order valence-corrected chi connectivity index (χ0v) is 21.5. The Bertz CT molecular complexity index is 1050. The van der Waals surface area contributed by atoms with Crippen LogP contribution in [-0.4, -0.2) is 76.0 Å². The maximum atomic E-state index is 13.6. The Morgan fingerprint density at radius 1 is 1.03 bits per heavy atom. The SMILES string of the molecule is CCC[C@H]1C(=O)N(CC(C)c2ccccc2)C[C@H]2N1C(=O)CN(CC)N2C(=O)NCc1ccccc1. The summed E-state index contributed by atoms with van der Waals surface area (Å²) in [6.45, 7) is 7.88. The molecule has 8 heteroatoms. The molecule has 0 radical (unpaired) electrons. The molecule has 0 bridgehead atoms. The molecule has 2 aromatic carbocycles. The molecule has 1 unspecified atom stereocenters. The number of amides is 4. The first-order chi connectivity index (χ1) is 17.4. The van der Waals surface area contributed by atoms with E-state index >= 15 is 0 Å². The Morgan fingerprint density at radius 2 is 1.69 bits per heavy atom. The van der Waals surface area contributed by atoms with Crippen molar-refractivity contribution < 1.29 is 14.4 Å². The highest BCUT2D eigenvalue weighted by molar-refractivity contribution is 5.91. The van der Waals surface area contributed by atoms with Crippen LogP contribution in [0, 0.1) is 0 Å². The fraction of sp³-hybridized carbons (Fsp3) is 0.464. The molecule has 2 fully saturated rings. The van der Waals surface area contributed by atoms with E-state index in [0.717, 1.165) is 17.5 Å². The van der Waals surface area contributed by atoms with Gasteiger partial charge in [-0.25, -0.2) is 14.8 Å². The molecule has 0 aliphatic carbocycles. The average Bonchev–Trinajstić information content (AvgIpc) is 2.90. The monoisotopic (exact) mass is 491 g/mol. The summed E-state index contributed by atoms with van der Waals surface area (Å²) in [5, 5.41) is 6.48. The number of rotatable bonds is 8. The lowest BCUT2D eigenvalue weighted by Gasteiger charge is -2.55. The summed E-state index contributed by atoms with van der Waals surface area (Å²) < 4.78 is 0. The van der Waals surface area contributed by atoms with Gasteiger partial charge in [0, 0.05) is 19.6 Å². The largest absolute Gasteiger partial charge is 0.336 e. The smallest absolute Gasteiger partial charge is 0.334 e. The van der Waals surface area contributed by atoms with Gasteiger partial charge in [0.25, 0.3) is 0 Å². The highest BCUT2D eigenvalue weighted by Gasteiger charge is 2.50. The van der Waals surface area contributed by atoms with Crippen molar-refractivity contribution in [2.24, 2.45) is 0 Å². The van der Waals surface area contributed by atoms with E-state index in [-0.39, 0.29) is 36.9 Å². The third kappa shape index (κ3) is 5.38. The number of carbonyl (C=O) groups is 3. The van der Waals surface area contributed by atoms with Crippen LogP contribution in [0.15, 0.2) is 60.7 Å². The Kier molecular flexibility index (Phi) is 8.25. The Labute approximate surface area is 213 Å². The quantitative estimate of drug-likeness (QED) is 0.614. The van der Waals surface area contributed by atoms with Crippen molar-refractivity contribution in [2.45, 2.75) is 58.3 Å². The number of piperazine rings is 1. The van der Waals surface area contributed by atoms with Crippen LogP contribution < -0.4 is 5.32 Å². The summed E-state index contributed by atoms with van der Waals surface area (Å²) in [7, 11) is 0. The van der Waals surface area contributed by atoms with Crippen LogP contribution in [0.2, 0.25) is 0 Å². The van der Waals surface area contributed by atoms with Crippen LogP contribution in [-0.2, 0) is 16.1 Å². The van der Waals surface area contributed by atoms with Crippen LogP contribution in [0.1, 0.15) is 50.7 Å². The van der Waals surface area contributed by atoms with Crippen molar-refractivity contribution in [3.63, 3.8) is 0 Å². The molecule has 2 heterocycles. The maximum Gasteiger partial charge on any atom is 0.334 e. The molecular weight excluding hydrogens is 454 g/mol. The minimum atomic E-state index is -0.562. The first-order valence-electron chi connectivity index (χ1n) is 12.9. The summed E-state index contributed by atoms with van der Waals surface area (Å²) in [6.07, 6.45) is 0.800. The normalized spacial score (nSPS) is 21.4. The highest BCUT2D eigenvalue weighted by Crippen LogP contribution is 2.30. The lowest BCUT2D eigenvalue weighted by molar-refractivity contribution is -0.190. The average molecular weight is 492 g/mol. The number of hydrazine groups is 1. The topological polar surface area (TPSA) is 76.2 Å². The van der Waals surface area contributed by atoms with E-state index in [2.05, 4.69) is 24.4 Å². The van der Waals surface area contributed by atoms with E-state index in [1.165, 1.54) is 0 Å². The Morgan fingerprint density at radius 3 is 2.33 bits per heavy atom. The zero-order valence-electron chi connectivity index (χ0n) is 21.5. The van der Waals surface area contributed by atoms with Gasteiger partial charge in [0.05, 0.1) is 13.1 Å². The minimum Gasteiger partial charge on any atom is -0.336 e. The van der Waals surface area contributed by atoms with Crippen LogP contribution in [0.5, 0.6) is 0 Å². The van der Waals surface area contributed by atoms with E-state index < -0.39 is 12.2 Å². The van der Waals surface area contributed by atoms with E-state index in [1.807, 2.05) is 67.3 Å². The predicted molar refractivity (Wildman–Crippen MR) is 139 cm³/mol. The van der Waals surface area contributed by atoms with Crippen LogP contribution in [0.3, 0.4) is 0 Å². The second-order valence-corrected chi connectivity index (χ2v) is 9.61. The maximum absolute atomic E-state index is 13.6. The first-order valence-corrected chi connectivity index (χ1v) is 12.9. The number of fused-ring (bicyclic) bond motifs is 1. The molecule has 0 spiro atoms. The summed E-state index contributed by atoms with van der Waals surface area (Å²) >= 11 is 0. The van der Waals surface area contributed by atoms with Gasteiger partial charge in [-0.15, -0.1) is 0 Å². The number of urea groups is 1. The third-order valence-electron chi connectivity index (χ3n) is 7.11. The molecule has 4 rings (SSSR count). The van der Waals surface area contributed by atoms with E-state index in [0.29, 0.717) is 26.1 Å². The van der Waals surface area contributed by atoms with Gasteiger partial charge in [-0.2, -0.15) is 0 Å². The Balaban J connectivity index is 1.60. The van der Waals surface area contributed by atoms with Crippen LogP contribution >= 0.6 is 0 Å². The van der Waals surface area contributed by atoms with Crippen molar-refractivity contribution in [1.82, 2.24) is 25.1 Å². The van der Waals surface area contributed by atoms with Gasteiger partial charge >= 0.3 is 6.03 Å². The number of likely N-dealkylation sites (N-methyl/N-ethyl adjacent to an activating group) is 1. The molecule has 0 aromatic heterocycles. The molecule has 0 saturated carbocycles. The number of nitrogens with zero attached hydrogens (tertiary/aromatic N) is 4. The van der Waals surface area contributed by atoms with Crippen molar-refractivity contribution in [1.29, 1.82) is 0 Å². The van der Waals surface area contributed by atoms with Gasteiger partial charge in [0.2, 0.25) is 11.8 Å². The molecule has 2 saturated heterocycles.